The molecule has 2 aromatic heterocycles. The summed E-state index contributed by atoms with van der Waals surface area (Å²) in [5.74, 6) is 0.623. The van der Waals surface area contributed by atoms with Gasteiger partial charge in [-0.3, -0.25) is 9.59 Å². The van der Waals surface area contributed by atoms with E-state index in [2.05, 4.69) is 15.3 Å². The molecule has 0 unspecified atom stereocenters. The molecule has 4 rings (SSSR count). The van der Waals surface area contributed by atoms with E-state index >= 15 is 0 Å². The molecule has 2 N–H and O–H groups in total. The molecule has 6 nitrogen and oxygen atoms in total. The minimum Gasteiger partial charge on any atom is -0.373 e. The van der Waals surface area contributed by atoms with Crippen LogP contribution in [-0.2, 0) is 12.8 Å². The van der Waals surface area contributed by atoms with Crippen molar-refractivity contribution in [1.29, 1.82) is 0 Å². The molecular formula is C20H24N4O2. The Bertz CT molecular complexity index is 890. The highest BCUT2D eigenvalue weighted by Crippen LogP contribution is 2.33. The van der Waals surface area contributed by atoms with Crippen LogP contribution in [-0.4, -0.2) is 34.4 Å². The zero-order valence-electron chi connectivity index (χ0n) is 15.0. The zero-order chi connectivity index (χ0) is 18.1. The Morgan fingerprint density at radius 3 is 2.96 bits per heavy atom. The van der Waals surface area contributed by atoms with Crippen LogP contribution in [0.1, 0.15) is 58.9 Å². The fourth-order valence-electron chi connectivity index (χ4n) is 4.14. The van der Waals surface area contributed by atoms with Crippen molar-refractivity contribution < 1.29 is 4.79 Å². The molecule has 6 heteroatoms. The van der Waals surface area contributed by atoms with Gasteiger partial charge >= 0.3 is 0 Å². The minimum absolute atomic E-state index is 0.00645. The average Bonchev–Trinajstić information content (AvgIpc) is 3.17. The molecule has 136 valence electrons. The Labute approximate surface area is 152 Å². The summed E-state index contributed by atoms with van der Waals surface area (Å²) < 4.78 is 0. The van der Waals surface area contributed by atoms with Crippen LogP contribution in [0.15, 0.2) is 29.2 Å². The van der Waals surface area contributed by atoms with Crippen LogP contribution in [0, 0.1) is 0 Å². The van der Waals surface area contributed by atoms with Gasteiger partial charge in [0.05, 0.1) is 6.04 Å². The first-order chi connectivity index (χ1) is 12.7. The molecule has 26 heavy (non-hydrogen) atoms. The number of aromatic amines is 1. The third kappa shape index (κ3) is 3.00. The number of aryl methyl sites for hydroxylation is 2. The highest BCUT2D eigenvalue weighted by atomic mass is 16.2. The van der Waals surface area contributed by atoms with Crippen molar-refractivity contribution in [3.05, 3.63) is 57.1 Å². The summed E-state index contributed by atoms with van der Waals surface area (Å²) in [5.41, 5.74) is 3.21. The van der Waals surface area contributed by atoms with Gasteiger partial charge in [0.2, 0.25) is 0 Å². The Balaban J connectivity index is 1.66. The molecule has 2 aromatic rings. The highest BCUT2D eigenvalue weighted by molar-refractivity contribution is 5.94. The van der Waals surface area contributed by atoms with Gasteiger partial charge in [-0.2, -0.15) is 0 Å². The SMILES string of the molecule is CNc1cc([C@H]2CCCN2C(=O)c2cc3c([nH]c2=O)CCCC3)ccn1. The molecule has 1 aliphatic carbocycles. The van der Waals surface area contributed by atoms with E-state index in [-0.39, 0.29) is 23.1 Å². The van der Waals surface area contributed by atoms with Gasteiger partial charge in [-0.25, -0.2) is 4.98 Å². The number of carbonyl (C=O) groups is 1. The predicted molar refractivity (Wildman–Crippen MR) is 100 cm³/mol. The maximum atomic E-state index is 13.2. The molecule has 1 atom stereocenters. The summed E-state index contributed by atoms with van der Waals surface area (Å²) in [6.45, 7) is 0.678. The zero-order valence-corrected chi connectivity index (χ0v) is 15.0. The summed E-state index contributed by atoms with van der Waals surface area (Å²) >= 11 is 0. The molecule has 0 bridgehead atoms. The van der Waals surface area contributed by atoms with Gasteiger partial charge < -0.3 is 15.2 Å². The number of rotatable bonds is 3. The van der Waals surface area contributed by atoms with Crippen molar-refractivity contribution in [2.45, 2.75) is 44.6 Å². The van der Waals surface area contributed by atoms with E-state index in [1.165, 1.54) is 0 Å². The number of hydrogen-bond donors (Lipinski definition) is 2. The number of nitrogens with one attached hydrogen (secondary N) is 2. The van der Waals surface area contributed by atoms with Crippen molar-refractivity contribution in [3.63, 3.8) is 0 Å². The fraction of sp³-hybridized carbons (Fsp3) is 0.450. The van der Waals surface area contributed by atoms with Gasteiger partial charge in [-0.15, -0.1) is 0 Å². The summed E-state index contributed by atoms with van der Waals surface area (Å²) in [7, 11) is 1.83. The van der Waals surface area contributed by atoms with Crippen LogP contribution in [0.2, 0.25) is 0 Å². The maximum absolute atomic E-state index is 13.2. The number of carbonyl (C=O) groups excluding carboxylic acids is 1. The smallest absolute Gasteiger partial charge is 0.261 e. The number of hydrogen-bond acceptors (Lipinski definition) is 4. The molecule has 1 saturated heterocycles. The van der Waals surface area contributed by atoms with E-state index in [9.17, 15) is 9.59 Å². The molecule has 1 fully saturated rings. The van der Waals surface area contributed by atoms with E-state index in [1.807, 2.05) is 30.1 Å². The molecule has 0 radical (unpaired) electrons. The lowest BCUT2D eigenvalue weighted by Gasteiger charge is -2.26. The van der Waals surface area contributed by atoms with E-state index in [1.54, 1.807) is 6.20 Å². The second-order valence-electron chi connectivity index (χ2n) is 7.10. The normalized spacial score (nSPS) is 19.3. The van der Waals surface area contributed by atoms with E-state index in [0.717, 1.165) is 61.2 Å². The number of aromatic nitrogens is 2. The van der Waals surface area contributed by atoms with Gasteiger partial charge in [0.1, 0.15) is 11.4 Å². The third-order valence-corrected chi connectivity index (χ3v) is 5.51. The third-order valence-electron chi connectivity index (χ3n) is 5.51. The van der Waals surface area contributed by atoms with Gasteiger partial charge in [0.15, 0.2) is 0 Å². The first kappa shape index (κ1) is 16.8. The van der Waals surface area contributed by atoms with E-state index in [0.29, 0.717) is 6.54 Å². The number of likely N-dealkylation sites (tertiary alicyclic amines) is 1. The van der Waals surface area contributed by atoms with Crippen LogP contribution >= 0.6 is 0 Å². The Hall–Kier alpha value is -2.63. The molecular weight excluding hydrogens is 328 g/mol. The van der Waals surface area contributed by atoms with Crippen LogP contribution in [0.25, 0.3) is 0 Å². The molecule has 3 heterocycles. The number of anilines is 1. The molecule has 2 aliphatic rings. The topological polar surface area (TPSA) is 78.1 Å². The van der Waals surface area contributed by atoms with Crippen LogP contribution in [0.4, 0.5) is 5.82 Å². The van der Waals surface area contributed by atoms with Crippen molar-refractivity contribution in [2.75, 3.05) is 18.9 Å². The minimum atomic E-state index is -0.257. The van der Waals surface area contributed by atoms with E-state index in [4.69, 9.17) is 0 Å². The summed E-state index contributed by atoms with van der Waals surface area (Å²) in [6, 6.07) is 5.76. The Morgan fingerprint density at radius 2 is 2.12 bits per heavy atom. The van der Waals surface area contributed by atoms with Gasteiger partial charge in [0, 0.05) is 25.5 Å². The van der Waals surface area contributed by atoms with Gasteiger partial charge in [0.25, 0.3) is 11.5 Å². The van der Waals surface area contributed by atoms with Crippen molar-refractivity contribution in [1.82, 2.24) is 14.9 Å². The molecule has 0 saturated carbocycles. The summed E-state index contributed by atoms with van der Waals surface area (Å²) in [5, 5.41) is 3.04. The second-order valence-corrected chi connectivity index (χ2v) is 7.10. The highest BCUT2D eigenvalue weighted by Gasteiger charge is 2.32. The van der Waals surface area contributed by atoms with E-state index < -0.39 is 0 Å². The van der Waals surface area contributed by atoms with Crippen LogP contribution in [0.5, 0.6) is 0 Å². The Morgan fingerprint density at radius 1 is 1.27 bits per heavy atom. The first-order valence-corrected chi connectivity index (χ1v) is 9.37. The summed E-state index contributed by atoms with van der Waals surface area (Å²) in [4.78, 5) is 34.7. The number of nitrogens with zero attached hydrogens (tertiary/aromatic N) is 2. The van der Waals surface area contributed by atoms with Gasteiger partial charge in [-0.1, -0.05) is 0 Å². The van der Waals surface area contributed by atoms with Crippen molar-refractivity contribution in [2.24, 2.45) is 0 Å². The molecule has 1 amide bonds. The number of H-pyrrole nitrogens is 1. The first-order valence-electron chi connectivity index (χ1n) is 9.37. The monoisotopic (exact) mass is 352 g/mol. The molecule has 1 aliphatic heterocycles. The fourth-order valence-corrected chi connectivity index (χ4v) is 4.14. The van der Waals surface area contributed by atoms with Crippen molar-refractivity contribution in [3.8, 4) is 0 Å². The lowest BCUT2D eigenvalue weighted by molar-refractivity contribution is 0.0733. The second kappa shape index (κ2) is 6.94. The number of amides is 1. The quantitative estimate of drug-likeness (QED) is 0.890. The van der Waals surface area contributed by atoms with Crippen LogP contribution in [0.3, 0.4) is 0 Å². The van der Waals surface area contributed by atoms with Crippen LogP contribution < -0.4 is 10.9 Å². The standard InChI is InChI=1S/C20H24N4O2/c1-21-18-12-14(8-9-22-18)17-7-4-10-24(17)20(26)15-11-13-5-2-3-6-16(13)23-19(15)25/h8-9,11-12,17H,2-7,10H2,1H3,(H,21,22)(H,23,25)/t17-/m1/s1. The summed E-state index contributed by atoms with van der Waals surface area (Å²) in [6.07, 6.45) is 7.65. The Kier molecular flexibility index (Phi) is 4.49. The van der Waals surface area contributed by atoms with Gasteiger partial charge in [-0.05, 0) is 67.9 Å². The molecule has 0 spiro atoms. The maximum Gasteiger partial charge on any atom is 0.261 e. The molecule has 0 aromatic carbocycles. The number of fused-ring (bicyclic) bond motifs is 1. The average molecular weight is 352 g/mol. The predicted octanol–water partition coefficient (Wildman–Crippen LogP) is 2.67. The number of pyridine rings is 2. The lowest BCUT2D eigenvalue weighted by atomic mass is 9.94. The lowest BCUT2D eigenvalue weighted by Crippen LogP contribution is -2.35. The van der Waals surface area contributed by atoms with Crippen molar-refractivity contribution >= 4 is 11.7 Å². The largest absolute Gasteiger partial charge is 0.373 e.